The first-order valence-electron chi connectivity index (χ1n) is 21.4. The highest BCUT2D eigenvalue weighted by atomic mass is 19.4. The van der Waals surface area contributed by atoms with E-state index in [1.807, 2.05) is 18.2 Å². The lowest BCUT2D eigenvalue weighted by molar-refractivity contribution is -0.137. The van der Waals surface area contributed by atoms with Crippen LogP contribution in [-0.4, -0.2) is 57.1 Å². The van der Waals surface area contributed by atoms with Crippen molar-refractivity contribution in [1.82, 2.24) is 19.1 Å². The molecule has 0 spiro atoms. The number of carbonyl (C=O) groups excluding carboxylic acids is 2. The normalized spacial score (nSPS) is 13.7. The Labute approximate surface area is 375 Å². The Bertz CT molecular complexity index is 3050. The molecule has 2 saturated heterocycles. The zero-order valence-corrected chi connectivity index (χ0v) is 35.3. The zero-order valence-electron chi connectivity index (χ0n) is 35.3. The lowest BCUT2D eigenvalue weighted by atomic mass is 10.1. The van der Waals surface area contributed by atoms with Gasteiger partial charge in [-0.15, -0.1) is 0 Å². The van der Waals surface area contributed by atoms with Gasteiger partial charge in [0.2, 0.25) is 0 Å². The van der Waals surface area contributed by atoms with E-state index in [9.17, 15) is 35.9 Å². The van der Waals surface area contributed by atoms with Crippen molar-refractivity contribution in [2.75, 3.05) is 46.6 Å². The van der Waals surface area contributed by atoms with Crippen LogP contribution in [0, 0.1) is 17.5 Å². The predicted octanol–water partition coefficient (Wildman–Crippen LogP) is 10.9. The fourth-order valence-electron chi connectivity index (χ4n) is 8.22. The quantitative estimate of drug-likeness (QED) is 0.133. The van der Waals surface area contributed by atoms with E-state index in [0.717, 1.165) is 69.2 Å². The Morgan fingerprint density at radius 1 is 0.530 bits per heavy atom. The third-order valence-electron chi connectivity index (χ3n) is 11.6. The molecule has 8 aromatic rings. The van der Waals surface area contributed by atoms with Crippen molar-refractivity contribution in [3.63, 3.8) is 0 Å². The lowest BCUT2D eigenvalue weighted by Crippen LogP contribution is -2.37. The number of benzene rings is 4. The second kappa shape index (κ2) is 18.5. The number of fused-ring (bicyclic) bond motifs is 2. The van der Waals surface area contributed by atoms with Crippen molar-refractivity contribution in [2.45, 2.75) is 38.5 Å². The number of anilines is 4. The molecule has 336 valence electrons. The van der Waals surface area contributed by atoms with Crippen LogP contribution in [0.3, 0.4) is 0 Å². The molecule has 66 heavy (non-hydrogen) atoms. The molecule has 2 aliphatic rings. The first-order valence-corrected chi connectivity index (χ1v) is 21.4. The van der Waals surface area contributed by atoms with Gasteiger partial charge in [0.1, 0.15) is 40.5 Å². The number of pyridine rings is 2. The molecule has 0 aliphatic carbocycles. The zero-order chi connectivity index (χ0) is 46.0. The van der Waals surface area contributed by atoms with Crippen LogP contribution in [-0.2, 0) is 19.3 Å². The summed E-state index contributed by atoms with van der Waals surface area (Å²) < 4.78 is 84.4. The van der Waals surface area contributed by atoms with Gasteiger partial charge in [0.25, 0.3) is 11.8 Å². The lowest BCUT2D eigenvalue weighted by Gasteiger charge is -2.31. The molecule has 2 N–H and O–H groups in total. The van der Waals surface area contributed by atoms with Gasteiger partial charge in [-0.3, -0.25) is 9.59 Å². The minimum Gasteiger partial charge on any atom is -0.357 e. The largest absolute Gasteiger partial charge is 0.416 e. The van der Waals surface area contributed by atoms with Gasteiger partial charge in [-0.25, -0.2) is 23.1 Å². The number of carbonyl (C=O) groups is 2. The molecule has 2 fully saturated rings. The molecule has 10 nitrogen and oxygen atoms in total. The molecular weight excluding hydrogens is 859 g/mol. The number of aromatic nitrogens is 4. The molecule has 0 atom stereocenters. The van der Waals surface area contributed by atoms with E-state index >= 15 is 0 Å². The number of hydrogen-bond donors (Lipinski definition) is 2. The summed E-state index contributed by atoms with van der Waals surface area (Å²) in [6.45, 7) is 4.27. The molecule has 0 radical (unpaired) electrons. The number of rotatable bonds is 10. The monoisotopic (exact) mass is 900 g/mol. The van der Waals surface area contributed by atoms with E-state index in [-0.39, 0.29) is 41.7 Å². The summed E-state index contributed by atoms with van der Waals surface area (Å²) in [6, 6.07) is 30.1. The van der Waals surface area contributed by atoms with Crippen molar-refractivity contribution < 1.29 is 35.9 Å². The molecule has 10 rings (SSSR count). The molecule has 0 unspecified atom stereocenters. The number of amides is 2. The smallest absolute Gasteiger partial charge is 0.357 e. The van der Waals surface area contributed by atoms with Gasteiger partial charge in [0.15, 0.2) is 0 Å². The molecule has 4 aromatic carbocycles. The molecule has 16 heteroatoms. The summed E-state index contributed by atoms with van der Waals surface area (Å²) in [5.41, 5.74) is 3.17. The molecule has 0 saturated carbocycles. The molecule has 2 aliphatic heterocycles. The second-order valence-corrected chi connectivity index (χ2v) is 16.2. The van der Waals surface area contributed by atoms with Crippen molar-refractivity contribution >= 4 is 56.6 Å². The fourth-order valence-corrected chi connectivity index (χ4v) is 8.22. The maximum absolute atomic E-state index is 13.8. The number of halogens is 6. The highest BCUT2D eigenvalue weighted by Gasteiger charge is 2.31. The Morgan fingerprint density at radius 3 is 1.44 bits per heavy atom. The minimum atomic E-state index is -4.51. The summed E-state index contributed by atoms with van der Waals surface area (Å²) >= 11 is 0. The van der Waals surface area contributed by atoms with E-state index in [1.165, 1.54) is 48.5 Å². The van der Waals surface area contributed by atoms with Crippen LogP contribution in [0.1, 0.15) is 56.9 Å². The van der Waals surface area contributed by atoms with Gasteiger partial charge < -0.3 is 29.6 Å². The molecule has 4 aromatic heterocycles. The van der Waals surface area contributed by atoms with Crippen LogP contribution in [0.4, 0.5) is 49.4 Å². The van der Waals surface area contributed by atoms with Gasteiger partial charge in [-0.2, -0.15) is 13.2 Å². The number of hydrogen-bond acceptors (Lipinski definition) is 6. The Balaban J connectivity index is 0.000000167. The second-order valence-electron chi connectivity index (χ2n) is 16.2. The summed E-state index contributed by atoms with van der Waals surface area (Å²) in [5.74, 6) is -0.283. The summed E-state index contributed by atoms with van der Waals surface area (Å²) in [7, 11) is 0. The van der Waals surface area contributed by atoms with E-state index in [0.29, 0.717) is 44.6 Å². The number of nitrogens with zero attached hydrogens (tertiary/aromatic N) is 6. The van der Waals surface area contributed by atoms with E-state index < -0.39 is 23.5 Å². The minimum absolute atomic E-state index is 0.113. The first kappa shape index (κ1) is 43.6. The highest BCUT2D eigenvalue weighted by molar-refractivity contribution is 6.07. The van der Waals surface area contributed by atoms with Crippen LogP contribution < -0.4 is 20.4 Å². The molecule has 0 bridgehead atoms. The fraction of sp³-hybridized carbons (Fsp3) is 0.200. The van der Waals surface area contributed by atoms with Gasteiger partial charge >= 0.3 is 6.18 Å². The maximum Gasteiger partial charge on any atom is 0.416 e. The van der Waals surface area contributed by atoms with Crippen molar-refractivity contribution in [2.24, 2.45) is 0 Å². The summed E-state index contributed by atoms with van der Waals surface area (Å²) in [4.78, 5) is 39.5. The van der Waals surface area contributed by atoms with E-state index in [2.05, 4.69) is 30.4 Å². The van der Waals surface area contributed by atoms with Crippen molar-refractivity contribution in [1.29, 1.82) is 0 Å². The van der Waals surface area contributed by atoms with Crippen LogP contribution in [0.5, 0.6) is 0 Å². The van der Waals surface area contributed by atoms with Crippen LogP contribution in [0.15, 0.2) is 134 Å². The number of alkyl halides is 3. The predicted molar refractivity (Wildman–Crippen MR) is 242 cm³/mol. The van der Waals surface area contributed by atoms with Crippen LogP contribution in [0.2, 0.25) is 0 Å². The van der Waals surface area contributed by atoms with Crippen molar-refractivity contribution in [3.8, 4) is 0 Å². The SMILES string of the molecule is O=C(Nc1ccc(N2CCC2)nc1)c1cc2cc(F)ccc2n1Cc1cccc(F)c1.O=C(Nc1ccc(N2CCCC2)nc1)c1cc2cc(C(F)(F)F)ccc2n1Cc1cccc(F)c1. The van der Waals surface area contributed by atoms with Gasteiger partial charge in [-0.05, 0) is 127 Å². The van der Waals surface area contributed by atoms with Crippen LogP contribution >= 0.6 is 0 Å². The third-order valence-corrected chi connectivity index (χ3v) is 11.6. The Kier molecular flexibility index (Phi) is 12.2. The average Bonchev–Trinajstić information content (AvgIpc) is 4.03. The average molecular weight is 901 g/mol. The van der Waals surface area contributed by atoms with Crippen molar-refractivity contribution in [3.05, 3.63) is 179 Å². The Hall–Kier alpha value is -7.62. The highest BCUT2D eigenvalue weighted by Crippen LogP contribution is 2.33. The molecule has 2 amide bonds. The number of nitrogens with one attached hydrogen (secondary N) is 2. The standard InChI is InChI=1S/C26H22F4N4O.C24H20F2N4O/c27-20-5-3-4-17(12-20)16-34-22-8-6-19(26(28,29)30)13-18(22)14-23(34)25(35)32-21-7-9-24(31-15-21)33-10-1-2-11-33;25-18-4-1-3-16(11-18)15-30-21-7-5-19(26)12-17(21)13-22(30)24(31)28-20-6-8-23(27-14-20)29-9-2-10-29/h3-9,12-15H,1-2,10-11,16H2,(H,32,35);1,3-8,11-14H,2,9-10,15H2,(H,28,31). The van der Waals surface area contributed by atoms with Gasteiger partial charge in [0.05, 0.1) is 29.3 Å². The van der Waals surface area contributed by atoms with Gasteiger partial charge in [0, 0.05) is 61.1 Å². The third kappa shape index (κ3) is 9.72. The maximum atomic E-state index is 13.8. The molecular formula is C50H42F6N8O2. The summed E-state index contributed by atoms with van der Waals surface area (Å²) in [5, 5.41) is 6.52. The molecule has 6 heterocycles. The van der Waals surface area contributed by atoms with E-state index in [1.54, 1.807) is 64.0 Å². The Morgan fingerprint density at radius 2 is 1.00 bits per heavy atom. The first-order chi connectivity index (χ1) is 31.8. The summed E-state index contributed by atoms with van der Waals surface area (Å²) in [6.07, 6.45) is 2.08. The topological polar surface area (TPSA) is 100 Å². The van der Waals surface area contributed by atoms with E-state index in [4.69, 9.17) is 0 Å². The van der Waals surface area contributed by atoms with Gasteiger partial charge in [-0.1, -0.05) is 24.3 Å². The van der Waals surface area contributed by atoms with Crippen LogP contribution in [0.25, 0.3) is 21.8 Å².